The van der Waals surface area contributed by atoms with Crippen molar-refractivity contribution in [3.63, 3.8) is 0 Å². The smallest absolute Gasteiger partial charge is 0.236 e. The van der Waals surface area contributed by atoms with Gasteiger partial charge in [0.15, 0.2) is 0 Å². The summed E-state index contributed by atoms with van der Waals surface area (Å²) in [5.74, 6) is 1.75. The van der Waals surface area contributed by atoms with E-state index >= 15 is 0 Å². The Morgan fingerprint density at radius 3 is 2.45 bits per heavy atom. The third kappa shape index (κ3) is 6.87. The van der Waals surface area contributed by atoms with Crippen LogP contribution in [0.5, 0.6) is 0 Å². The molecule has 0 spiro atoms. The fourth-order valence-corrected chi connectivity index (χ4v) is 4.11. The quantitative estimate of drug-likeness (QED) is 0.578. The molecule has 2 amide bonds. The maximum atomic E-state index is 12.8. The Kier molecular flexibility index (Phi) is 9.00. The fraction of sp³-hybridized carbons (Fsp3) is 0.600. The van der Waals surface area contributed by atoms with Gasteiger partial charge in [0.25, 0.3) is 0 Å². The van der Waals surface area contributed by atoms with Crippen molar-refractivity contribution >= 4 is 11.8 Å². The number of benzene rings is 1. The molecule has 0 unspecified atom stereocenters. The fourth-order valence-electron chi connectivity index (χ4n) is 4.11. The molecule has 1 saturated heterocycles. The van der Waals surface area contributed by atoms with E-state index in [-0.39, 0.29) is 11.8 Å². The molecule has 1 aliphatic heterocycles. The normalized spacial score (nSPS) is 15.0. The van der Waals surface area contributed by atoms with Crippen LogP contribution in [0.2, 0.25) is 0 Å². The minimum Gasteiger partial charge on any atom is -0.342 e. The van der Waals surface area contributed by atoms with Crippen molar-refractivity contribution < 1.29 is 14.1 Å². The zero-order valence-corrected chi connectivity index (χ0v) is 20.4. The minimum atomic E-state index is 0.0907. The van der Waals surface area contributed by atoms with Gasteiger partial charge < -0.3 is 14.3 Å². The van der Waals surface area contributed by atoms with E-state index in [1.54, 1.807) is 0 Å². The number of rotatable bonds is 9. The molecule has 33 heavy (non-hydrogen) atoms. The van der Waals surface area contributed by atoms with Gasteiger partial charge in [0.05, 0.1) is 6.54 Å². The molecule has 0 N–H and O–H groups in total. The molecule has 180 valence electrons. The van der Waals surface area contributed by atoms with Crippen LogP contribution in [-0.2, 0) is 16.0 Å². The summed E-state index contributed by atoms with van der Waals surface area (Å²) in [6.45, 7) is 13.1. The van der Waals surface area contributed by atoms with Gasteiger partial charge in [0.2, 0.25) is 23.5 Å². The molecule has 1 fully saturated rings. The highest BCUT2D eigenvalue weighted by molar-refractivity contribution is 5.78. The van der Waals surface area contributed by atoms with Gasteiger partial charge in [-0.3, -0.25) is 14.5 Å². The highest BCUT2D eigenvalue weighted by Gasteiger charge is 2.22. The predicted octanol–water partition coefficient (Wildman–Crippen LogP) is 3.20. The first-order valence-electron chi connectivity index (χ1n) is 12.1. The Morgan fingerprint density at radius 1 is 1.06 bits per heavy atom. The van der Waals surface area contributed by atoms with Crippen molar-refractivity contribution in [2.75, 3.05) is 45.8 Å². The molecular weight excluding hydrogens is 418 g/mol. The first kappa shape index (κ1) is 24.9. The number of carbonyl (C=O) groups excluding carboxylic acids is 2. The largest absolute Gasteiger partial charge is 0.342 e. The average molecular weight is 456 g/mol. The van der Waals surface area contributed by atoms with Crippen LogP contribution in [0.1, 0.15) is 57.9 Å². The highest BCUT2D eigenvalue weighted by atomic mass is 16.5. The summed E-state index contributed by atoms with van der Waals surface area (Å²) < 4.78 is 5.38. The van der Waals surface area contributed by atoms with Crippen LogP contribution in [0.3, 0.4) is 0 Å². The van der Waals surface area contributed by atoms with Crippen molar-refractivity contribution in [1.29, 1.82) is 0 Å². The van der Waals surface area contributed by atoms with Crippen molar-refractivity contribution in [2.45, 2.75) is 52.9 Å². The van der Waals surface area contributed by atoms with E-state index in [4.69, 9.17) is 4.52 Å². The lowest BCUT2D eigenvalue weighted by atomic mass is 10.0. The summed E-state index contributed by atoms with van der Waals surface area (Å²) in [4.78, 5) is 35.5. The van der Waals surface area contributed by atoms with Gasteiger partial charge in [-0.1, -0.05) is 43.3 Å². The maximum Gasteiger partial charge on any atom is 0.236 e. The number of hydrogen-bond donors (Lipinski definition) is 0. The third-order valence-corrected chi connectivity index (χ3v) is 6.27. The molecule has 0 saturated carbocycles. The van der Waals surface area contributed by atoms with Crippen LogP contribution in [-0.4, -0.2) is 82.5 Å². The van der Waals surface area contributed by atoms with Gasteiger partial charge in [-0.2, -0.15) is 4.98 Å². The van der Waals surface area contributed by atoms with Crippen molar-refractivity contribution in [3.8, 4) is 11.4 Å². The summed E-state index contributed by atoms with van der Waals surface area (Å²) in [5.41, 5.74) is 2.18. The SMILES string of the molecule is CCN(CC)C(=O)CN1CCCN(C(=O)CCc2nc(-c3ccc(C(C)C)cc3)no2)CC1. The zero-order chi connectivity index (χ0) is 23.8. The molecule has 0 atom stereocenters. The number of aromatic nitrogens is 2. The standard InChI is InChI=1S/C25H37N5O3/c1-5-29(6-2)24(32)18-28-14-7-15-30(17-16-28)23(31)13-12-22-26-25(27-33-22)21-10-8-20(9-11-21)19(3)4/h8-11,19H,5-7,12-18H2,1-4H3. The van der Waals surface area contributed by atoms with Gasteiger partial charge in [-0.05, 0) is 31.7 Å². The summed E-state index contributed by atoms with van der Waals surface area (Å²) in [5, 5.41) is 4.08. The Labute approximate surface area is 196 Å². The van der Waals surface area contributed by atoms with Gasteiger partial charge in [-0.25, -0.2) is 0 Å². The monoisotopic (exact) mass is 455 g/mol. The second kappa shape index (κ2) is 11.9. The Balaban J connectivity index is 1.47. The number of likely N-dealkylation sites (N-methyl/N-ethyl adjacent to an activating group) is 1. The molecule has 0 radical (unpaired) electrons. The number of aryl methyl sites for hydroxylation is 1. The van der Waals surface area contributed by atoms with Gasteiger partial charge in [0, 0.05) is 57.7 Å². The second-order valence-corrected chi connectivity index (χ2v) is 8.86. The molecule has 8 nitrogen and oxygen atoms in total. The molecule has 0 aliphatic carbocycles. The molecule has 1 aliphatic rings. The van der Waals surface area contributed by atoms with E-state index in [0.29, 0.717) is 50.1 Å². The summed E-state index contributed by atoms with van der Waals surface area (Å²) in [6.07, 6.45) is 1.64. The van der Waals surface area contributed by atoms with E-state index in [9.17, 15) is 9.59 Å². The lowest BCUT2D eigenvalue weighted by molar-refractivity contribution is -0.132. The van der Waals surface area contributed by atoms with E-state index in [0.717, 1.165) is 38.2 Å². The Morgan fingerprint density at radius 2 is 1.79 bits per heavy atom. The van der Waals surface area contributed by atoms with Crippen molar-refractivity contribution in [3.05, 3.63) is 35.7 Å². The van der Waals surface area contributed by atoms with E-state index in [1.807, 2.05) is 35.8 Å². The Bertz CT molecular complexity index is 905. The lowest BCUT2D eigenvalue weighted by Crippen LogP contribution is -2.42. The molecule has 2 heterocycles. The van der Waals surface area contributed by atoms with Gasteiger partial charge in [-0.15, -0.1) is 0 Å². The van der Waals surface area contributed by atoms with Crippen molar-refractivity contribution in [1.82, 2.24) is 24.8 Å². The number of hydrogen-bond acceptors (Lipinski definition) is 6. The molecule has 2 aromatic rings. The molecule has 0 bridgehead atoms. The van der Waals surface area contributed by atoms with Crippen LogP contribution in [0.4, 0.5) is 0 Å². The molecule has 1 aromatic heterocycles. The zero-order valence-electron chi connectivity index (χ0n) is 20.4. The van der Waals surface area contributed by atoms with E-state index < -0.39 is 0 Å². The topological polar surface area (TPSA) is 82.8 Å². The summed E-state index contributed by atoms with van der Waals surface area (Å²) in [6, 6.07) is 8.17. The van der Waals surface area contributed by atoms with Crippen LogP contribution in [0.25, 0.3) is 11.4 Å². The summed E-state index contributed by atoms with van der Waals surface area (Å²) >= 11 is 0. The second-order valence-electron chi connectivity index (χ2n) is 8.86. The minimum absolute atomic E-state index is 0.0907. The van der Waals surface area contributed by atoms with Gasteiger partial charge in [0.1, 0.15) is 0 Å². The highest BCUT2D eigenvalue weighted by Crippen LogP contribution is 2.21. The van der Waals surface area contributed by atoms with Crippen LogP contribution in [0.15, 0.2) is 28.8 Å². The van der Waals surface area contributed by atoms with Crippen LogP contribution < -0.4 is 0 Å². The first-order valence-corrected chi connectivity index (χ1v) is 12.1. The van der Waals surface area contributed by atoms with Crippen molar-refractivity contribution in [2.24, 2.45) is 0 Å². The number of nitrogens with zero attached hydrogens (tertiary/aromatic N) is 5. The molecular formula is C25H37N5O3. The predicted molar refractivity (Wildman–Crippen MR) is 128 cm³/mol. The first-order chi connectivity index (χ1) is 15.9. The lowest BCUT2D eigenvalue weighted by Gasteiger charge is -2.25. The molecule has 1 aromatic carbocycles. The number of amides is 2. The molecule has 3 rings (SSSR count). The van der Waals surface area contributed by atoms with E-state index in [1.165, 1.54) is 5.56 Å². The van der Waals surface area contributed by atoms with Crippen LogP contribution in [0, 0.1) is 0 Å². The average Bonchev–Trinajstić information content (AvgIpc) is 3.17. The number of carbonyl (C=O) groups is 2. The van der Waals surface area contributed by atoms with E-state index in [2.05, 4.69) is 41.0 Å². The third-order valence-electron chi connectivity index (χ3n) is 6.27. The van der Waals surface area contributed by atoms with Gasteiger partial charge >= 0.3 is 0 Å². The van der Waals surface area contributed by atoms with Crippen LogP contribution >= 0.6 is 0 Å². The summed E-state index contributed by atoms with van der Waals surface area (Å²) in [7, 11) is 0. The Hall–Kier alpha value is -2.74. The maximum absolute atomic E-state index is 12.8. The molecule has 8 heteroatoms.